The number of nitrogens with one attached hydrogen (secondary N) is 1. The second-order valence-corrected chi connectivity index (χ2v) is 9.29. The molecule has 1 aromatic carbocycles. The number of amides is 1. The highest BCUT2D eigenvalue weighted by molar-refractivity contribution is 7.89. The van der Waals surface area contributed by atoms with Gasteiger partial charge in [-0.25, -0.2) is 12.7 Å². The maximum atomic E-state index is 12.3. The molecule has 1 aliphatic heterocycles. The van der Waals surface area contributed by atoms with Crippen LogP contribution >= 0.6 is 11.6 Å². The van der Waals surface area contributed by atoms with E-state index in [0.717, 1.165) is 0 Å². The van der Waals surface area contributed by atoms with Gasteiger partial charge in [-0.2, -0.15) is 0 Å². The number of methoxy groups -OCH3 is 1. The number of ether oxygens (including phenoxy) is 2. The smallest absolute Gasteiger partial charge is 0.244 e. The van der Waals surface area contributed by atoms with Gasteiger partial charge in [0.15, 0.2) is 11.5 Å². The van der Waals surface area contributed by atoms with Crippen LogP contribution in [0.5, 0.6) is 11.5 Å². The van der Waals surface area contributed by atoms with E-state index in [9.17, 15) is 13.2 Å². The molecule has 7 nitrogen and oxygen atoms in total. The predicted octanol–water partition coefficient (Wildman–Crippen LogP) is 3.08. The second-order valence-electron chi connectivity index (χ2n) is 6.80. The number of benzene rings is 1. The van der Waals surface area contributed by atoms with Crippen molar-refractivity contribution in [2.75, 3.05) is 32.6 Å². The van der Waals surface area contributed by atoms with Gasteiger partial charge >= 0.3 is 0 Å². The van der Waals surface area contributed by atoms with Crippen molar-refractivity contribution in [2.24, 2.45) is 0 Å². The third-order valence-electron chi connectivity index (χ3n) is 4.62. The molecule has 1 saturated heterocycles. The number of rotatable bonds is 9. The van der Waals surface area contributed by atoms with Crippen LogP contribution in [0.25, 0.3) is 6.08 Å². The zero-order chi connectivity index (χ0) is 21.4. The van der Waals surface area contributed by atoms with Crippen molar-refractivity contribution in [3.05, 3.63) is 28.8 Å². The van der Waals surface area contributed by atoms with E-state index in [1.54, 1.807) is 18.2 Å². The Morgan fingerprint density at radius 2 is 2.00 bits per heavy atom. The first kappa shape index (κ1) is 23.5. The number of nitrogens with zero attached hydrogens (tertiary/aromatic N) is 1. The van der Waals surface area contributed by atoms with Crippen LogP contribution in [0.3, 0.4) is 0 Å². The molecule has 1 aromatic rings. The van der Waals surface area contributed by atoms with E-state index in [1.807, 2.05) is 13.8 Å². The number of hydrogen-bond donors (Lipinski definition) is 1. The molecule has 29 heavy (non-hydrogen) atoms. The third-order valence-corrected chi connectivity index (χ3v) is 6.98. The summed E-state index contributed by atoms with van der Waals surface area (Å²) in [5.74, 6) is 0.910. The monoisotopic (exact) mass is 444 g/mol. The van der Waals surface area contributed by atoms with Gasteiger partial charge in [-0.3, -0.25) is 4.79 Å². The summed E-state index contributed by atoms with van der Waals surface area (Å²) in [5, 5.41) is 3.34. The molecule has 1 N–H and O–H groups in total. The van der Waals surface area contributed by atoms with Crippen LogP contribution in [0, 0.1) is 0 Å². The Bertz CT molecular complexity index is 834. The lowest BCUT2D eigenvalue weighted by molar-refractivity contribution is -0.117. The fourth-order valence-corrected chi connectivity index (χ4v) is 5.02. The molecule has 9 heteroatoms. The lowest BCUT2D eigenvalue weighted by Crippen LogP contribution is -2.46. The summed E-state index contributed by atoms with van der Waals surface area (Å²) >= 11 is 6.24. The molecule has 1 fully saturated rings. The number of halogens is 1. The Hall–Kier alpha value is -1.77. The van der Waals surface area contributed by atoms with E-state index in [1.165, 1.54) is 17.5 Å². The molecule has 1 aliphatic rings. The van der Waals surface area contributed by atoms with E-state index in [0.29, 0.717) is 61.0 Å². The van der Waals surface area contributed by atoms with Crippen molar-refractivity contribution in [3.63, 3.8) is 0 Å². The first-order chi connectivity index (χ1) is 13.8. The average molecular weight is 445 g/mol. The average Bonchev–Trinajstić information content (AvgIpc) is 2.68. The molecule has 0 aromatic heterocycles. The maximum absolute atomic E-state index is 12.3. The van der Waals surface area contributed by atoms with Crippen LogP contribution < -0.4 is 14.8 Å². The number of carbonyl (C=O) groups excluding carboxylic acids is 1. The normalized spacial score (nSPS) is 16.1. The summed E-state index contributed by atoms with van der Waals surface area (Å²) in [6.07, 6.45) is 4.90. The summed E-state index contributed by atoms with van der Waals surface area (Å²) in [6, 6.07) is 3.41. The zero-order valence-electron chi connectivity index (χ0n) is 17.1. The highest BCUT2D eigenvalue weighted by atomic mass is 35.5. The lowest BCUT2D eigenvalue weighted by Gasteiger charge is -2.31. The van der Waals surface area contributed by atoms with Crippen LogP contribution in [-0.2, 0) is 14.8 Å². The summed E-state index contributed by atoms with van der Waals surface area (Å²) in [7, 11) is -1.65. The van der Waals surface area contributed by atoms with Gasteiger partial charge in [-0.05, 0) is 50.0 Å². The zero-order valence-corrected chi connectivity index (χ0v) is 18.7. The van der Waals surface area contributed by atoms with Crippen molar-refractivity contribution in [1.29, 1.82) is 0 Å². The molecule has 0 unspecified atom stereocenters. The summed E-state index contributed by atoms with van der Waals surface area (Å²) in [4.78, 5) is 12.3. The molecule has 2 rings (SSSR count). The van der Waals surface area contributed by atoms with Gasteiger partial charge in [-0.15, -0.1) is 0 Å². The minimum absolute atomic E-state index is 0.0429. The minimum Gasteiger partial charge on any atom is -0.493 e. The Labute approximate surface area is 178 Å². The van der Waals surface area contributed by atoms with Gasteiger partial charge in [0.1, 0.15) is 0 Å². The standard InChI is InChI=1S/C20H29ClN2O5S/c1-4-12-29(25,26)23-10-8-16(9-11-23)22-19(24)7-6-15-13-17(21)20(28-5-2)18(14-15)27-3/h6-7,13-14,16H,4-5,8-12H2,1-3H3,(H,22,24)/b7-6+. The lowest BCUT2D eigenvalue weighted by atomic mass is 10.1. The molecular formula is C20H29ClN2O5S. The van der Waals surface area contributed by atoms with E-state index in [2.05, 4.69) is 5.32 Å². The van der Waals surface area contributed by atoms with Crippen LogP contribution in [0.4, 0.5) is 0 Å². The van der Waals surface area contributed by atoms with Crippen molar-refractivity contribution in [3.8, 4) is 11.5 Å². The van der Waals surface area contributed by atoms with Gasteiger partial charge in [0.05, 0.1) is 24.5 Å². The molecule has 0 bridgehead atoms. The van der Waals surface area contributed by atoms with Gasteiger partial charge < -0.3 is 14.8 Å². The van der Waals surface area contributed by atoms with Crippen molar-refractivity contribution in [1.82, 2.24) is 9.62 Å². The summed E-state index contributed by atoms with van der Waals surface area (Å²) in [5.41, 5.74) is 0.714. The summed E-state index contributed by atoms with van der Waals surface area (Å²) in [6.45, 7) is 5.04. The SMILES string of the molecule is CCCS(=O)(=O)N1CCC(NC(=O)/C=C/c2cc(Cl)c(OCC)c(OC)c2)CC1. The molecule has 0 radical (unpaired) electrons. The first-order valence-electron chi connectivity index (χ1n) is 9.77. The summed E-state index contributed by atoms with van der Waals surface area (Å²) < 4.78 is 36.5. The number of piperidine rings is 1. The highest BCUT2D eigenvalue weighted by Gasteiger charge is 2.27. The van der Waals surface area contributed by atoms with E-state index < -0.39 is 10.0 Å². The van der Waals surface area contributed by atoms with Crippen LogP contribution in [0.2, 0.25) is 5.02 Å². The van der Waals surface area contributed by atoms with E-state index in [4.69, 9.17) is 21.1 Å². The van der Waals surface area contributed by atoms with Gasteiger partial charge in [0.25, 0.3) is 0 Å². The fraction of sp³-hybridized carbons (Fsp3) is 0.550. The third kappa shape index (κ3) is 6.62. The molecule has 162 valence electrons. The maximum Gasteiger partial charge on any atom is 0.244 e. The Morgan fingerprint density at radius 1 is 1.31 bits per heavy atom. The largest absolute Gasteiger partial charge is 0.493 e. The Balaban J connectivity index is 1.93. The van der Waals surface area contributed by atoms with Crippen LogP contribution in [-0.4, -0.2) is 57.2 Å². The van der Waals surface area contributed by atoms with E-state index in [-0.39, 0.29) is 17.7 Å². The fourth-order valence-electron chi connectivity index (χ4n) is 3.21. The highest BCUT2D eigenvalue weighted by Crippen LogP contribution is 2.36. The quantitative estimate of drug-likeness (QED) is 0.591. The van der Waals surface area contributed by atoms with Crippen molar-refractivity contribution >= 4 is 33.6 Å². The van der Waals surface area contributed by atoms with Crippen LogP contribution in [0.1, 0.15) is 38.7 Å². The molecule has 1 heterocycles. The van der Waals surface area contributed by atoms with Crippen molar-refractivity contribution in [2.45, 2.75) is 39.2 Å². The first-order valence-corrected chi connectivity index (χ1v) is 11.8. The predicted molar refractivity (Wildman–Crippen MR) is 115 cm³/mol. The topological polar surface area (TPSA) is 84.9 Å². The molecule has 0 saturated carbocycles. The molecule has 0 atom stereocenters. The minimum atomic E-state index is -3.18. The van der Waals surface area contributed by atoms with Gasteiger partial charge in [0.2, 0.25) is 15.9 Å². The molecule has 0 aliphatic carbocycles. The van der Waals surface area contributed by atoms with Crippen molar-refractivity contribution < 1.29 is 22.7 Å². The number of sulfonamides is 1. The van der Waals surface area contributed by atoms with E-state index >= 15 is 0 Å². The Kier molecular flexibility index (Phi) is 8.79. The van der Waals surface area contributed by atoms with Crippen LogP contribution in [0.15, 0.2) is 18.2 Å². The molecular weight excluding hydrogens is 416 g/mol. The second kappa shape index (κ2) is 10.8. The van der Waals surface area contributed by atoms with Gasteiger partial charge in [-0.1, -0.05) is 18.5 Å². The molecule has 1 amide bonds. The Morgan fingerprint density at radius 3 is 2.59 bits per heavy atom. The van der Waals surface area contributed by atoms with Gasteiger partial charge in [0, 0.05) is 25.2 Å². The number of carbonyl (C=O) groups is 1. The molecule has 0 spiro atoms. The number of hydrogen-bond acceptors (Lipinski definition) is 5.